The summed E-state index contributed by atoms with van der Waals surface area (Å²) in [6.45, 7) is 3.73. The first-order valence-corrected chi connectivity index (χ1v) is 8.17. The van der Waals surface area contributed by atoms with Crippen LogP contribution in [0.25, 0.3) is 0 Å². The van der Waals surface area contributed by atoms with Crippen LogP contribution in [0.5, 0.6) is 5.75 Å². The van der Waals surface area contributed by atoms with E-state index in [1.165, 1.54) is 0 Å². The quantitative estimate of drug-likeness (QED) is 0.760. The maximum atomic E-state index is 12.9. The lowest BCUT2D eigenvalue weighted by Crippen LogP contribution is -2.50. The van der Waals surface area contributed by atoms with Gasteiger partial charge >= 0.3 is 12.1 Å². The van der Waals surface area contributed by atoms with Crippen LogP contribution in [0.2, 0.25) is 0 Å². The number of carbonyl (C=O) groups excluding carboxylic acids is 1. The molecule has 0 bridgehead atoms. The van der Waals surface area contributed by atoms with Crippen LogP contribution in [-0.4, -0.2) is 36.7 Å². The monoisotopic (exact) mass is 393 g/mol. The molecule has 0 aliphatic carbocycles. The number of methoxy groups -OCH3 is 1. The zero-order chi connectivity index (χ0) is 17.4. The second-order valence-electron chi connectivity index (χ2n) is 6.02. The lowest BCUT2D eigenvalue weighted by atomic mass is 9.94. The van der Waals surface area contributed by atoms with Gasteiger partial charge < -0.3 is 9.64 Å². The number of halogens is 4. The first kappa shape index (κ1) is 18.1. The number of benzene rings is 1. The third-order valence-electron chi connectivity index (χ3n) is 4.20. The smallest absolute Gasteiger partial charge is 0.471 e. The molecular weight excluding hydrogens is 375 g/mol. The van der Waals surface area contributed by atoms with E-state index in [-0.39, 0.29) is 12.5 Å². The Labute approximate surface area is 141 Å². The minimum Gasteiger partial charge on any atom is -0.496 e. The maximum absolute atomic E-state index is 12.9. The van der Waals surface area contributed by atoms with E-state index in [1.807, 2.05) is 26.0 Å². The van der Waals surface area contributed by atoms with Gasteiger partial charge in [-0.15, -0.1) is 0 Å². The average molecular weight is 394 g/mol. The van der Waals surface area contributed by atoms with Crippen molar-refractivity contribution in [2.75, 3.05) is 13.7 Å². The summed E-state index contributed by atoms with van der Waals surface area (Å²) >= 11 is 3.41. The molecule has 1 heterocycles. The molecule has 128 valence electrons. The molecule has 1 aromatic rings. The van der Waals surface area contributed by atoms with Gasteiger partial charge in [0.15, 0.2) is 0 Å². The normalized spacial score (nSPS) is 18.6. The summed E-state index contributed by atoms with van der Waals surface area (Å²) in [6, 6.07) is 3.23. The lowest BCUT2D eigenvalue weighted by Gasteiger charge is -2.33. The van der Waals surface area contributed by atoms with Gasteiger partial charge in [0.25, 0.3) is 0 Å². The van der Waals surface area contributed by atoms with Crippen molar-refractivity contribution in [2.24, 2.45) is 5.92 Å². The van der Waals surface area contributed by atoms with Crippen molar-refractivity contribution in [3.05, 3.63) is 27.7 Å². The zero-order valence-corrected chi connectivity index (χ0v) is 14.8. The molecule has 0 saturated carbocycles. The second kappa shape index (κ2) is 6.71. The van der Waals surface area contributed by atoms with E-state index < -0.39 is 18.1 Å². The Morgan fingerprint density at radius 3 is 2.52 bits per heavy atom. The lowest BCUT2D eigenvalue weighted by molar-refractivity contribution is -0.188. The summed E-state index contributed by atoms with van der Waals surface area (Å²) in [7, 11) is 1.54. The number of rotatable bonds is 2. The van der Waals surface area contributed by atoms with Gasteiger partial charge in [-0.2, -0.15) is 13.2 Å². The molecule has 1 aliphatic heterocycles. The Bertz CT molecular complexity index is 602. The van der Waals surface area contributed by atoms with Gasteiger partial charge in [0.05, 0.1) is 11.6 Å². The van der Waals surface area contributed by atoms with E-state index in [2.05, 4.69) is 15.9 Å². The van der Waals surface area contributed by atoms with E-state index in [9.17, 15) is 18.0 Å². The molecule has 1 amide bonds. The fraction of sp³-hybridized carbons (Fsp3) is 0.562. The summed E-state index contributed by atoms with van der Waals surface area (Å²) in [5.74, 6) is -1.19. The third-order valence-corrected chi connectivity index (χ3v) is 4.82. The summed E-state index contributed by atoms with van der Waals surface area (Å²) in [4.78, 5) is 12.8. The molecule has 7 heteroatoms. The van der Waals surface area contributed by atoms with Crippen molar-refractivity contribution in [2.45, 2.75) is 38.9 Å². The highest BCUT2D eigenvalue weighted by atomic mass is 79.9. The van der Waals surface area contributed by atoms with Crippen molar-refractivity contribution in [3.63, 3.8) is 0 Å². The number of alkyl halides is 3. The van der Waals surface area contributed by atoms with Crippen molar-refractivity contribution < 1.29 is 22.7 Å². The van der Waals surface area contributed by atoms with Gasteiger partial charge in [-0.05, 0) is 57.9 Å². The van der Waals surface area contributed by atoms with Crippen LogP contribution < -0.4 is 4.74 Å². The van der Waals surface area contributed by atoms with Crippen LogP contribution >= 0.6 is 15.9 Å². The summed E-state index contributed by atoms with van der Waals surface area (Å²) in [5.41, 5.74) is 1.88. The first-order chi connectivity index (χ1) is 10.6. The van der Waals surface area contributed by atoms with Crippen molar-refractivity contribution in [1.82, 2.24) is 4.90 Å². The zero-order valence-electron chi connectivity index (χ0n) is 13.2. The molecule has 0 aromatic heterocycles. The molecule has 23 heavy (non-hydrogen) atoms. The van der Waals surface area contributed by atoms with Crippen molar-refractivity contribution in [1.29, 1.82) is 0 Å². The van der Waals surface area contributed by atoms with Gasteiger partial charge in [0.2, 0.25) is 0 Å². The number of carbonyl (C=O) groups is 1. The average Bonchev–Trinajstić information content (AvgIpc) is 2.63. The number of hydrogen-bond donors (Lipinski definition) is 0. The van der Waals surface area contributed by atoms with E-state index in [0.717, 1.165) is 20.5 Å². The largest absolute Gasteiger partial charge is 0.496 e. The van der Waals surface area contributed by atoms with E-state index in [1.54, 1.807) is 7.11 Å². The molecule has 0 fully saturated rings. The molecule has 1 aliphatic rings. The first-order valence-electron chi connectivity index (χ1n) is 7.38. The molecular formula is C16H19BrF3NO2. The number of nitrogens with zero attached hydrogens (tertiary/aromatic N) is 1. The fourth-order valence-electron chi connectivity index (χ4n) is 2.97. The van der Waals surface area contributed by atoms with Gasteiger partial charge in [0.1, 0.15) is 5.75 Å². The van der Waals surface area contributed by atoms with Crippen LogP contribution in [0.3, 0.4) is 0 Å². The van der Waals surface area contributed by atoms with Crippen LogP contribution in [-0.2, 0) is 17.6 Å². The highest BCUT2D eigenvalue weighted by molar-refractivity contribution is 9.10. The Morgan fingerprint density at radius 2 is 2.00 bits per heavy atom. The Morgan fingerprint density at radius 1 is 1.35 bits per heavy atom. The van der Waals surface area contributed by atoms with Crippen LogP contribution in [0.1, 0.15) is 25.0 Å². The number of hydrogen-bond acceptors (Lipinski definition) is 2. The van der Waals surface area contributed by atoms with Gasteiger partial charge in [-0.1, -0.05) is 13.8 Å². The molecule has 1 atom stereocenters. The Balaban J connectivity index is 2.40. The highest BCUT2D eigenvalue weighted by Gasteiger charge is 2.45. The van der Waals surface area contributed by atoms with Gasteiger partial charge in [0, 0.05) is 12.6 Å². The predicted molar refractivity (Wildman–Crippen MR) is 84.5 cm³/mol. The molecule has 0 N–H and O–H groups in total. The van der Waals surface area contributed by atoms with E-state index >= 15 is 0 Å². The topological polar surface area (TPSA) is 29.5 Å². The van der Waals surface area contributed by atoms with E-state index in [0.29, 0.717) is 18.6 Å². The second-order valence-corrected chi connectivity index (χ2v) is 6.87. The minimum atomic E-state index is -4.85. The van der Waals surface area contributed by atoms with Crippen molar-refractivity contribution in [3.8, 4) is 5.75 Å². The maximum Gasteiger partial charge on any atom is 0.471 e. The molecule has 1 aromatic carbocycles. The predicted octanol–water partition coefficient (Wildman–Crippen LogP) is 3.97. The molecule has 3 nitrogen and oxygen atoms in total. The SMILES string of the molecule is COc1cc2c(cc1Br)CC(C(C)C)N(C(=O)C(F)(F)F)CC2. The number of ether oxygens (including phenoxy) is 1. The van der Waals surface area contributed by atoms with Crippen molar-refractivity contribution >= 4 is 21.8 Å². The molecule has 2 rings (SSSR count). The van der Waals surface area contributed by atoms with Gasteiger partial charge in [-0.25, -0.2) is 0 Å². The molecule has 0 radical (unpaired) electrons. The molecule has 1 unspecified atom stereocenters. The third kappa shape index (κ3) is 3.82. The summed E-state index contributed by atoms with van der Waals surface area (Å²) in [5, 5.41) is 0. The summed E-state index contributed by atoms with van der Waals surface area (Å²) in [6.07, 6.45) is -4.07. The Kier molecular flexibility index (Phi) is 5.28. The molecule has 0 spiro atoms. The highest BCUT2D eigenvalue weighted by Crippen LogP contribution is 2.34. The number of amides is 1. The van der Waals surface area contributed by atoms with E-state index in [4.69, 9.17) is 4.74 Å². The van der Waals surface area contributed by atoms with Crippen LogP contribution in [0.4, 0.5) is 13.2 Å². The number of fused-ring (bicyclic) bond motifs is 1. The molecule has 0 saturated heterocycles. The fourth-order valence-corrected chi connectivity index (χ4v) is 3.52. The summed E-state index contributed by atoms with van der Waals surface area (Å²) < 4.78 is 44.7. The Hall–Kier alpha value is -1.24. The van der Waals surface area contributed by atoms with Gasteiger partial charge in [-0.3, -0.25) is 4.79 Å². The van der Waals surface area contributed by atoms with Crippen LogP contribution in [0, 0.1) is 5.92 Å². The standard InChI is InChI=1S/C16H19BrF3NO2/c1-9(2)13-7-11-6-12(17)14(23-3)8-10(11)4-5-21(13)15(22)16(18,19)20/h6,8-9,13H,4-5,7H2,1-3H3. The van der Waals surface area contributed by atoms with Crippen LogP contribution in [0.15, 0.2) is 16.6 Å². The minimum absolute atomic E-state index is 0.0545.